The van der Waals surface area contributed by atoms with Gasteiger partial charge < -0.3 is 15.1 Å². The average Bonchev–Trinajstić information content (AvgIpc) is 2.74. The zero-order valence-corrected chi connectivity index (χ0v) is 9.61. The van der Waals surface area contributed by atoms with E-state index in [1.165, 1.54) is 6.07 Å². The highest BCUT2D eigenvalue weighted by Gasteiger charge is 2.34. The number of benzene rings is 1. The van der Waals surface area contributed by atoms with Gasteiger partial charge >= 0.3 is 6.18 Å². The smallest absolute Gasteiger partial charge is 0.392 e. The van der Waals surface area contributed by atoms with E-state index < -0.39 is 24.5 Å². The lowest BCUT2D eigenvalue weighted by Gasteiger charge is -2.20. The van der Waals surface area contributed by atoms with Gasteiger partial charge in [-0.05, 0) is 24.1 Å². The van der Waals surface area contributed by atoms with Crippen LogP contribution in [-0.2, 0) is 12.8 Å². The number of rotatable bonds is 2. The maximum atomic E-state index is 12.8. The summed E-state index contributed by atoms with van der Waals surface area (Å²) in [6.45, 7) is 0.241. The fourth-order valence-corrected chi connectivity index (χ4v) is 2.14. The number of hydrogen-bond acceptors (Lipinski definition) is 3. The zero-order chi connectivity index (χ0) is 13.3. The summed E-state index contributed by atoms with van der Waals surface area (Å²) in [5.41, 5.74) is -0.522. The first kappa shape index (κ1) is 13.2. The number of anilines is 1. The van der Waals surface area contributed by atoms with Gasteiger partial charge in [0.2, 0.25) is 0 Å². The third kappa shape index (κ3) is 2.59. The van der Waals surface area contributed by atoms with E-state index in [1.54, 1.807) is 11.0 Å². The summed E-state index contributed by atoms with van der Waals surface area (Å²) in [6, 6.07) is 3.85. The van der Waals surface area contributed by atoms with Gasteiger partial charge in [0, 0.05) is 18.8 Å². The van der Waals surface area contributed by atoms with E-state index >= 15 is 0 Å². The molecule has 3 nitrogen and oxygen atoms in total. The molecule has 1 fully saturated rings. The molecule has 6 heteroatoms. The van der Waals surface area contributed by atoms with Crippen LogP contribution in [0.15, 0.2) is 18.2 Å². The van der Waals surface area contributed by atoms with Crippen molar-refractivity contribution in [2.45, 2.75) is 25.3 Å². The minimum absolute atomic E-state index is 0.133. The predicted molar refractivity (Wildman–Crippen MR) is 60.2 cm³/mol. The second-order valence-electron chi connectivity index (χ2n) is 4.39. The van der Waals surface area contributed by atoms with Crippen LogP contribution in [0.2, 0.25) is 0 Å². The van der Waals surface area contributed by atoms with E-state index in [0.717, 1.165) is 6.07 Å². The zero-order valence-electron chi connectivity index (χ0n) is 9.61. The van der Waals surface area contributed by atoms with Crippen LogP contribution in [0.3, 0.4) is 0 Å². The molecule has 18 heavy (non-hydrogen) atoms. The molecule has 1 heterocycles. The number of hydrogen-bond donors (Lipinski definition) is 2. The van der Waals surface area contributed by atoms with Crippen molar-refractivity contribution < 1.29 is 23.4 Å². The van der Waals surface area contributed by atoms with Crippen molar-refractivity contribution in [3.63, 3.8) is 0 Å². The molecule has 0 saturated carbocycles. The highest BCUT2D eigenvalue weighted by Crippen LogP contribution is 2.35. The molecule has 1 aromatic carbocycles. The van der Waals surface area contributed by atoms with E-state index in [4.69, 9.17) is 5.11 Å². The first-order valence-electron chi connectivity index (χ1n) is 5.66. The molecule has 1 unspecified atom stereocenters. The van der Waals surface area contributed by atoms with Crippen LogP contribution in [0.1, 0.15) is 17.5 Å². The van der Waals surface area contributed by atoms with Gasteiger partial charge in [-0.15, -0.1) is 0 Å². The molecular weight excluding hydrogens is 247 g/mol. The number of halogens is 3. The Morgan fingerprint density at radius 2 is 2.06 bits per heavy atom. The molecule has 1 aliphatic rings. The second-order valence-corrected chi connectivity index (χ2v) is 4.39. The van der Waals surface area contributed by atoms with Crippen molar-refractivity contribution in [2.24, 2.45) is 0 Å². The fraction of sp³-hybridized carbons (Fsp3) is 0.500. The molecule has 1 aromatic rings. The average molecular weight is 261 g/mol. The Labute approximate surface area is 102 Å². The molecule has 0 amide bonds. The topological polar surface area (TPSA) is 43.7 Å². The van der Waals surface area contributed by atoms with Gasteiger partial charge in [0.05, 0.1) is 18.3 Å². The Hall–Kier alpha value is -1.27. The van der Waals surface area contributed by atoms with Crippen molar-refractivity contribution in [3.8, 4) is 0 Å². The molecule has 1 aliphatic heterocycles. The van der Waals surface area contributed by atoms with Crippen molar-refractivity contribution in [1.82, 2.24) is 0 Å². The number of aliphatic hydroxyl groups excluding tert-OH is 2. The quantitative estimate of drug-likeness (QED) is 0.852. The molecule has 0 aromatic heterocycles. The molecule has 1 saturated heterocycles. The number of aliphatic hydroxyl groups is 2. The van der Waals surface area contributed by atoms with Crippen LogP contribution in [0.4, 0.5) is 18.9 Å². The summed E-state index contributed by atoms with van der Waals surface area (Å²) in [5.74, 6) is 0. The highest BCUT2D eigenvalue weighted by atomic mass is 19.4. The summed E-state index contributed by atoms with van der Waals surface area (Å²) < 4.78 is 38.4. The molecule has 0 spiro atoms. The van der Waals surface area contributed by atoms with Crippen LogP contribution in [-0.4, -0.2) is 29.4 Å². The lowest BCUT2D eigenvalue weighted by molar-refractivity contribution is -0.138. The van der Waals surface area contributed by atoms with E-state index in [2.05, 4.69) is 0 Å². The third-order valence-corrected chi connectivity index (χ3v) is 3.10. The Kier molecular flexibility index (Phi) is 3.49. The van der Waals surface area contributed by atoms with Crippen molar-refractivity contribution >= 4 is 5.69 Å². The maximum Gasteiger partial charge on any atom is 0.416 e. The fourth-order valence-electron chi connectivity index (χ4n) is 2.14. The first-order chi connectivity index (χ1) is 8.41. The van der Waals surface area contributed by atoms with E-state index in [-0.39, 0.29) is 5.56 Å². The Bertz CT molecular complexity index is 434. The molecule has 2 N–H and O–H groups in total. The normalized spacial score (nSPS) is 20.5. The lowest BCUT2D eigenvalue weighted by atomic mass is 10.1. The maximum absolute atomic E-state index is 12.8. The largest absolute Gasteiger partial charge is 0.416 e. The van der Waals surface area contributed by atoms with Crippen LogP contribution >= 0.6 is 0 Å². The summed E-state index contributed by atoms with van der Waals surface area (Å²) in [6.07, 6.45) is -4.41. The lowest BCUT2D eigenvalue weighted by Crippen LogP contribution is -2.22. The van der Waals surface area contributed by atoms with Crippen LogP contribution in [0.5, 0.6) is 0 Å². The van der Waals surface area contributed by atoms with Gasteiger partial charge in [0.1, 0.15) is 0 Å². The van der Waals surface area contributed by atoms with Crippen LogP contribution in [0, 0.1) is 0 Å². The summed E-state index contributed by atoms with van der Waals surface area (Å²) >= 11 is 0. The minimum atomic E-state index is -4.48. The van der Waals surface area contributed by atoms with Crippen LogP contribution < -0.4 is 4.90 Å². The first-order valence-corrected chi connectivity index (χ1v) is 5.66. The van der Waals surface area contributed by atoms with Gasteiger partial charge in [-0.1, -0.05) is 6.07 Å². The monoisotopic (exact) mass is 261 g/mol. The number of alkyl halides is 3. The Balaban J connectivity index is 2.34. The predicted octanol–water partition coefficient (Wildman–Crippen LogP) is 1.77. The van der Waals surface area contributed by atoms with E-state index in [1.807, 2.05) is 0 Å². The van der Waals surface area contributed by atoms with Crippen molar-refractivity contribution in [1.29, 1.82) is 0 Å². The SMILES string of the molecule is OCc1ccc(N2CCC(O)C2)cc1C(F)(F)F. The van der Waals surface area contributed by atoms with E-state index in [9.17, 15) is 18.3 Å². The second kappa shape index (κ2) is 4.78. The number of nitrogens with zero attached hydrogens (tertiary/aromatic N) is 1. The van der Waals surface area contributed by atoms with Gasteiger partial charge in [-0.2, -0.15) is 13.2 Å². The molecule has 100 valence electrons. The Morgan fingerprint density at radius 1 is 1.33 bits per heavy atom. The highest BCUT2D eigenvalue weighted by molar-refractivity contribution is 5.52. The third-order valence-electron chi connectivity index (χ3n) is 3.10. The van der Waals surface area contributed by atoms with Gasteiger partial charge in [-0.3, -0.25) is 0 Å². The molecule has 2 rings (SSSR count). The van der Waals surface area contributed by atoms with Gasteiger partial charge in [0.25, 0.3) is 0 Å². The van der Waals surface area contributed by atoms with Crippen LogP contribution in [0.25, 0.3) is 0 Å². The van der Waals surface area contributed by atoms with Crippen molar-refractivity contribution in [2.75, 3.05) is 18.0 Å². The van der Waals surface area contributed by atoms with Gasteiger partial charge in [-0.25, -0.2) is 0 Å². The standard InChI is InChI=1S/C12H14F3NO2/c13-12(14,15)11-5-9(2-1-8(11)7-17)16-4-3-10(18)6-16/h1-2,5,10,17-18H,3-4,6-7H2. The van der Waals surface area contributed by atoms with Crippen molar-refractivity contribution in [3.05, 3.63) is 29.3 Å². The molecule has 0 radical (unpaired) electrons. The molecule has 0 aliphatic carbocycles. The summed E-state index contributed by atoms with van der Waals surface area (Å²) in [5, 5.41) is 18.3. The molecule has 0 bridgehead atoms. The summed E-state index contributed by atoms with van der Waals surface area (Å²) in [7, 11) is 0. The summed E-state index contributed by atoms with van der Waals surface area (Å²) in [4.78, 5) is 1.71. The van der Waals surface area contributed by atoms with Gasteiger partial charge in [0.15, 0.2) is 0 Å². The molecule has 1 atom stereocenters. The number of β-amino-alcohol motifs (C(OH)–C–C–N with tert-alkyl or cyclic N) is 1. The minimum Gasteiger partial charge on any atom is -0.392 e. The molecular formula is C12H14F3NO2. The Morgan fingerprint density at radius 3 is 2.56 bits per heavy atom. The van der Waals surface area contributed by atoms with E-state index in [0.29, 0.717) is 25.2 Å².